The molecule has 1 rings (SSSR count). The molecule has 0 amide bonds. The molecular weight excluding hydrogens is 289 g/mol. The van der Waals surface area contributed by atoms with Crippen LogP contribution in [0.25, 0.3) is 0 Å². The van der Waals surface area contributed by atoms with Crippen LogP contribution in [-0.2, 0) is 9.53 Å². The van der Waals surface area contributed by atoms with E-state index in [4.69, 9.17) is 15.2 Å². The van der Waals surface area contributed by atoms with Gasteiger partial charge in [-0.3, -0.25) is 0 Å². The number of esters is 1. The highest BCUT2D eigenvalue weighted by Crippen LogP contribution is 2.30. The van der Waals surface area contributed by atoms with Crippen LogP contribution in [0.2, 0.25) is 0 Å². The Kier molecular flexibility index (Phi) is 7.94. The number of nitrogens with two attached hydrogens (primary N) is 1. The van der Waals surface area contributed by atoms with Crippen molar-refractivity contribution in [1.29, 1.82) is 0 Å². The predicted octanol–water partition coefficient (Wildman–Crippen LogP) is 2.03. The average Bonchev–Trinajstić information content (AvgIpc) is 2.45. The van der Waals surface area contributed by atoms with E-state index in [0.717, 1.165) is 0 Å². The number of carbonyl (C=O) groups excluding carboxylic acids is 1. The monoisotopic (exact) mass is 307 g/mol. The molecule has 0 aliphatic carbocycles. The molecule has 114 valence electrons. The summed E-state index contributed by atoms with van der Waals surface area (Å²) in [7, 11) is 2.96. The van der Waals surface area contributed by atoms with Crippen molar-refractivity contribution in [3.63, 3.8) is 0 Å². The van der Waals surface area contributed by atoms with E-state index in [1.165, 1.54) is 20.3 Å². The van der Waals surface area contributed by atoms with Gasteiger partial charge in [0.15, 0.2) is 11.5 Å². The highest BCUT2D eigenvalue weighted by molar-refractivity contribution is 5.85. The summed E-state index contributed by atoms with van der Waals surface area (Å²) in [5, 5.41) is 0. The third kappa shape index (κ3) is 4.25. The Morgan fingerprint density at radius 1 is 1.30 bits per heavy atom. The third-order valence-corrected chi connectivity index (χ3v) is 2.62. The molecule has 0 saturated carbocycles. The van der Waals surface area contributed by atoms with Gasteiger partial charge in [-0.2, -0.15) is 0 Å². The smallest absolute Gasteiger partial charge is 0.342 e. The second-order valence-corrected chi connectivity index (χ2v) is 3.79. The number of carbonyl (C=O) groups is 1. The van der Waals surface area contributed by atoms with Crippen molar-refractivity contribution >= 4 is 18.4 Å². The molecule has 0 radical (unpaired) electrons. The minimum Gasteiger partial charge on any atom is -0.493 e. The van der Waals surface area contributed by atoms with Crippen molar-refractivity contribution in [3.05, 3.63) is 23.8 Å². The average molecular weight is 308 g/mol. The Morgan fingerprint density at radius 2 is 1.90 bits per heavy atom. The number of rotatable bonds is 6. The lowest BCUT2D eigenvalue weighted by molar-refractivity contribution is -0.149. The maximum Gasteiger partial charge on any atom is 0.342 e. The molecule has 0 heterocycles. The van der Waals surface area contributed by atoms with Gasteiger partial charge >= 0.3 is 5.97 Å². The van der Waals surface area contributed by atoms with Crippen molar-refractivity contribution in [2.45, 2.75) is 19.1 Å². The van der Waals surface area contributed by atoms with Crippen molar-refractivity contribution in [2.75, 3.05) is 20.8 Å². The summed E-state index contributed by atoms with van der Waals surface area (Å²) in [6, 6.07) is 3.61. The number of halogens is 2. The lowest BCUT2D eigenvalue weighted by Gasteiger charge is -2.17. The first-order valence-electron chi connectivity index (χ1n) is 5.83. The summed E-state index contributed by atoms with van der Waals surface area (Å²) in [6.45, 7) is 1.71. The summed E-state index contributed by atoms with van der Waals surface area (Å²) < 4.78 is 28.6. The van der Waals surface area contributed by atoms with Crippen LogP contribution in [0.3, 0.4) is 0 Å². The van der Waals surface area contributed by atoms with Gasteiger partial charge in [0.25, 0.3) is 0 Å². The molecule has 20 heavy (non-hydrogen) atoms. The lowest BCUT2D eigenvalue weighted by Crippen LogP contribution is -2.31. The summed E-state index contributed by atoms with van der Waals surface area (Å²) in [5.74, 6) is -0.0405. The van der Waals surface area contributed by atoms with E-state index in [0.29, 0.717) is 17.1 Å². The summed E-state index contributed by atoms with van der Waals surface area (Å²) in [5.41, 5.74) is 6.14. The van der Waals surface area contributed by atoms with E-state index in [9.17, 15) is 9.18 Å². The molecule has 1 unspecified atom stereocenters. The van der Waals surface area contributed by atoms with E-state index < -0.39 is 18.2 Å². The molecule has 0 aromatic heterocycles. The maximum absolute atomic E-state index is 13.8. The first-order chi connectivity index (χ1) is 9.04. The summed E-state index contributed by atoms with van der Waals surface area (Å²) in [4.78, 5) is 11.3. The minimum atomic E-state index is -1.92. The van der Waals surface area contributed by atoms with Crippen LogP contribution < -0.4 is 15.2 Å². The molecule has 0 aliphatic heterocycles. The second-order valence-electron chi connectivity index (χ2n) is 3.79. The molecule has 0 saturated heterocycles. The summed E-state index contributed by atoms with van der Waals surface area (Å²) in [6.07, 6.45) is -1.92. The van der Waals surface area contributed by atoms with Crippen LogP contribution in [0.5, 0.6) is 11.5 Å². The third-order valence-electron chi connectivity index (χ3n) is 2.62. The topological polar surface area (TPSA) is 70.8 Å². The van der Waals surface area contributed by atoms with Gasteiger partial charge in [-0.05, 0) is 24.6 Å². The normalized spacial score (nSPS) is 12.8. The molecule has 7 heteroatoms. The molecule has 1 aromatic rings. The van der Waals surface area contributed by atoms with E-state index in [1.807, 2.05) is 0 Å². The van der Waals surface area contributed by atoms with Gasteiger partial charge < -0.3 is 19.9 Å². The number of hydrogen-bond acceptors (Lipinski definition) is 5. The van der Waals surface area contributed by atoms with Crippen LogP contribution >= 0.6 is 12.4 Å². The quantitative estimate of drug-likeness (QED) is 0.814. The molecule has 0 fully saturated rings. The van der Waals surface area contributed by atoms with Gasteiger partial charge in [0.05, 0.1) is 26.9 Å². The van der Waals surface area contributed by atoms with Gasteiger partial charge in [0.2, 0.25) is 6.17 Å². The highest BCUT2D eigenvalue weighted by atomic mass is 35.5. The zero-order valence-electron chi connectivity index (χ0n) is 11.6. The largest absolute Gasteiger partial charge is 0.493 e. The standard InChI is InChI=1S/C13H18FNO4.ClH/c1-4-19-13(16)11(14)12(15)8-5-6-9(17-2)10(7-8)18-3;/h5-7,11-12H,4,15H2,1-3H3;1H/t11?,12-;/m1./s1. The molecule has 1 aromatic carbocycles. The molecule has 0 bridgehead atoms. The van der Waals surface area contributed by atoms with Gasteiger partial charge in [0, 0.05) is 0 Å². The van der Waals surface area contributed by atoms with Gasteiger partial charge in [-0.1, -0.05) is 6.07 Å². The van der Waals surface area contributed by atoms with Crippen molar-refractivity contribution in [1.82, 2.24) is 0 Å². The predicted molar refractivity (Wildman–Crippen MR) is 75.3 cm³/mol. The second kappa shape index (κ2) is 8.60. The Morgan fingerprint density at radius 3 is 2.40 bits per heavy atom. The van der Waals surface area contributed by atoms with Crippen LogP contribution in [0.15, 0.2) is 18.2 Å². The van der Waals surface area contributed by atoms with Gasteiger partial charge in [0.1, 0.15) is 0 Å². The first kappa shape index (κ1) is 18.5. The highest BCUT2D eigenvalue weighted by Gasteiger charge is 2.28. The van der Waals surface area contributed by atoms with Gasteiger partial charge in [-0.15, -0.1) is 12.4 Å². The van der Waals surface area contributed by atoms with E-state index in [-0.39, 0.29) is 19.0 Å². The number of alkyl halides is 1. The van der Waals surface area contributed by atoms with E-state index >= 15 is 0 Å². The maximum atomic E-state index is 13.8. The number of ether oxygens (including phenoxy) is 3. The number of benzene rings is 1. The Hall–Kier alpha value is -1.53. The Balaban J connectivity index is 0.00000361. The minimum absolute atomic E-state index is 0. The van der Waals surface area contributed by atoms with Crippen LogP contribution in [0.4, 0.5) is 4.39 Å². The fourth-order valence-corrected chi connectivity index (χ4v) is 1.60. The fourth-order valence-electron chi connectivity index (χ4n) is 1.60. The molecular formula is C13H19ClFNO4. The molecule has 2 atom stereocenters. The van der Waals surface area contributed by atoms with Crippen LogP contribution in [-0.4, -0.2) is 33.0 Å². The van der Waals surface area contributed by atoms with Crippen molar-refractivity contribution in [2.24, 2.45) is 5.73 Å². The van der Waals surface area contributed by atoms with E-state index in [1.54, 1.807) is 19.1 Å². The number of hydrogen-bond donors (Lipinski definition) is 1. The van der Waals surface area contributed by atoms with Crippen LogP contribution in [0.1, 0.15) is 18.5 Å². The SMILES string of the molecule is CCOC(=O)C(F)[C@H](N)c1ccc(OC)c(OC)c1.Cl. The van der Waals surface area contributed by atoms with Crippen molar-refractivity contribution < 1.29 is 23.4 Å². The van der Waals surface area contributed by atoms with Crippen LogP contribution in [0, 0.1) is 0 Å². The lowest BCUT2D eigenvalue weighted by atomic mass is 10.0. The molecule has 5 nitrogen and oxygen atoms in total. The number of methoxy groups -OCH3 is 2. The van der Waals surface area contributed by atoms with Crippen molar-refractivity contribution in [3.8, 4) is 11.5 Å². The Bertz CT molecular complexity index is 444. The summed E-state index contributed by atoms with van der Waals surface area (Å²) >= 11 is 0. The zero-order chi connectivity index (χ0) is 14.4. The van der Waals surface area contributed by atoms with Gasteiger partial charge in [-0.25, -0.2) is 9.18 Å². The first-order valence-corrected chi connectivity index (χ1v) is 5.83. The Labute approximate surface area is 123 Å². The molecule has 2 N–H and O–H groups in total. The van der Waals surface area contributed by atoms with E-state index in [2.05, 4.69) is 4.74 Å². The fraction of sp³-hybridized carbons (Fsp3) is 0.462. The molecule has 0 aliphatic rings. The molecule has 0 spiro atoms. The zero-order valence-corrected chi connectivity index (χ0v) is 12.4.